The van der Waals surface area contributed by atoms with Gasteiger partial charge in [0.1, 0.15) is 0 Å². The second kappa shape index (κ2) is 4.63. The SMILES string of the molecule is CC1=C(C)C(C)(CC(=O)O)C(C)=C1C.[Ir]. The molecular weight excluding hydrogens is 368 g/mol. The number of aliphatic carboxylic acids is 1. The molecule has 0 amide bonds. The molecule has 1 aliphatic carbocycles. The molecule has 87 valence electrons. The van der Waals surface area contributed by atoms with Gasteiger partial charge in [0.25, 0.3) is 0 Å². The average Bonchev–Trinajstić information content (AvgIpc) is 2.21. The molecule has 1 N–H and O–H groups in total. The molecule has 0 aromatic rings. The summed E-state index contributed by atoms with van der Waals surface area (Å²) in [4.78, 5) is 10.8. The van der Waals surface area contributed by atoms with E-state index in [2.05, 4.69) is 13.8 Å². The number of rotatable bonds is 2. The molecule has 0 heterocycles. The van der Waals surface area contributed by atoms with Crippen LogP contribution >= 0.6 is 0 Å². The maximum atomic E-state index is 10.8. The van der Waals surface area contributed by atoms with Gasteiger partial charge in [-0.15, -0.1) is 0 Å². The summed E-state index contributed by atoms with van der Waals surface area (Å²) < 4.78 is 0. The first-order valence-electron chi connectivity index (χ1n) is 4.88. The summed E-state index contributed by atoms with van der Waals surface area (Å²) in [6.07, 6.45) is 0.194. The zero-order valence-corrected chi connectivity index (χ0v) is 12.3. The van der Waals surface area contributed by atoms with E-state index in [1.54, 1.807) is 0 Å². The zero-order valence-electron chi connectivity index (χ0n) is 9.90. The molecular formula is C12H18IrO2. The molecule has 0 saturated carbocycles. The van der Waals surface area contributed by atoms with Crippen molar-refractivity contribution in [2.45, 2.75) is 41.0 Å². The molecule has 1 rings (SSSR count). The molecule has 0 unspecified atom stereocenters. The van der Waals surface area contributed by atoms with Crippen molar-refractivity contribution in [3.63, 3.8) is 0 Å². The van der Waals surface area contributed by atoms with Crippen LogP contribution in [0.15, 0.2) is 22.3 Å². The van der Waals surface area contributed by atoms with E-state index in [1.807, 2.05) is 20.8 Å². The normalized spacial score (nSPS) is 19.3. The summed E-state index contributed by atoms with van der Waals surface area (Å²) in [6.45, 7) is 10.2. The molecule has 15 heavy (non-hydrogen) atoms. The van der Waals surface area contributed by atoms with Crippen LogP contribution in [-0.2, 0) is 24.9 Å². The molecule has 0 atom stereocenters. The van der Waals surface area contributed by atoms with Crippen LogP contribution in [0.3, 0.4) is 0 Å². The fourth-order valence-corrected chi connectivity index (χ4v) is 2.24. The Hall–Kier alpha value is -0.401. The number of carboxylic acid groups (broad SMARTS) is 1. The summed E-state index contributed by atoms with van der Waals surface area (Å²) in [5, 5.41) is 8.90. The van der Waals surface area contributed by atoms with E-state index < -0.39 is 5.97 Å². The number of hydrogen-bond acceptors (Lipinski definition) is 1. The largest absolute Gasteiger partial charge is 0.481 e. The number of hydrogen-bond donors (Lipinski definition) is 1. The van der Waals surface area contributed by atoms with Crippen LogP contribution < -0.4 is 0 Å². The van der Waals surface area contributed by atoms with E-state index in [1.165, 1.54) is 22.3 Å². The van der Waals surface area contributed by atoms with Crippen molar-refractivity contribution in [2.24, 2.45) is 5.41 Å². The van der Waals surface area contributed by atoms with Gasteiger partial charge in [0.05, 0.1) is 6.42 Å². The summed E-state index contributed by atoms with van der Waals surface area (Å²) in [6, 6.07) is 0. The van der Waals surface area contributed by atoms with Gasteiger partial charge in [0, 0.05) is 25.5 Å². The Bertz CT molecular complexity index is 327. The Kier molecular flexibility index (Phi) is 4.50. The van der Waals surface area contributed by atoms with Crippen LogP contribution in [0.4, 0.5) is 0 Å². The van der Waals surface area contributed by atoms with Crippen molar-refractivity contribution < 1.29 is 30.0 Å². The molecule has 0 fully saturated rings. The number of carboxylic acids is 1. The average molecular weight is 386 g/mol. The van der Waals surface area contributed by atoms with Gasteiger partial charge in [-0.3, -0.25) is 4.79 Å². The fourth-order valence-electron chi connectivity index (χ4n) is 2.24. The summed E-state index contributed by atoms with van der Waals surface area (Å²) in [5.74, 6) is -0.728. The monoisotopic (exact) mass is 387 g/mol. The molecule has 1 radical (unpaired) electrons. The van der Waals surface area contributed by atoms with Crippen molar-refractivity contribution in [2.75, 3.05) is 0 Å². The molecule has 0 aromatic heterocycles. The Balaban J connectivity index is 0.00000196. The number of allylic oxidation sites excluding steroid dienone is 4. The first kappa shape index (κ1) is 14.6. The quantitative estimate of drug-likeness (QED) is 0.792. The standard InChI is InChI=1S/C12H18O2.Ir/c1-7-8(2)10(4)12(5,9(7)3)6-11(13)14;/h6H2,1-5H3,(H,13,14);. The zero-order chi connectivity index (χ0) is 11.1. The summed E-state index contributed by atoms with van der Waals surface area (Å²) >= 11 is 0. The van der Waals surface area contributed by atoms with Crippen LogP contribution in [0.1, 0.15) is 41.0 Å². The number of carbonyl (C=O) groups is 1. The minimum absolute atomic E-state index is 0. The molecule has 0 saturated heterocycles. The molecule has 0 spiro atoms. The Morgan fingerprint density at radius 2 is 1.47 bits per heavy atom. The third-order valence-corrected chi connectivity index (χ3v) is 3.85. The molecule has 0 bridgehead atoms. The smallest absolute Gasteiger partial charge is 0.304 e. The van der Waals surface area contributed by atoms with Gasteiger partial charge in [-0.05, 0) is 38.8 Å². The third-order valence-electron chi connectivity index (χ3n) is 3.85. The van der Waals surface area contributed by atoms with E-state index in [9.17, 15) is 4.79 Å². The minimum atomic E-state index is -0.728. The predicted molar refractivity (Wildman–Crippen MR) is 57.1 cm³/mol. The molecule has 3 heteroatoms. The van der Waals surface area contributed by atoms with Gasteiger partial charge in [-0.1, -0.05) is 18.1 Å². The van der Waals surface area contributed by atoms with Gasteiger partial charge >= 0.3 is 5.97 Å². The Morgan fingerprint density at radius 1 is 1.13 bits per heavy atom. The molecule has 0 aromatic carbocycles. The van der Waals surface area contributed by atoms with Crippen molar-refractivity contribution in [1.82, 2.24) is 0 Å². The first-order chi connectivity index (χ1) is 6.30. The van der Waals surface area contributed by atoms with Gasteiger partial charge in [0.15, 0.2) is 0 Å². The Labute approximate surface area is 105 Å². The fraction of sp³-hybridized carbons (Fsp3) is 0.583. The maximum Gasteiger partial charge on any atom is 0.304 e. The first-order valence-corrected chi connectivity index (χ1v) is 4.88. The van der Waals surface area contributed by atoms with E-state index >= 15 is 0 Å². The van der Waals surface area contributed by atoms with Gasteiger partial charge in [0.2, 0.25) is 0 Å². The summed E-state index contributed by atoms with van der Waals surface area (Å²) in [5.41, 5.74) is 4.65. The predicted octanol–water partition coefficient (Wildman–Crippen LogP) is 3.15. The van der Waals surface area contributed by atoms with Crippen molar-refractivity contribution in [1.29, 1.82) is 0 Å². The Morgan fingerprint density at radius 3 is 1.73 bits per heavy atom. The van der Waals surface area contributed by atoms with Crippen LogP contribution in [0, 0.1) is 5.41 Å². The van der Waals surface area contributed by atoms with Crippen LogP contribution in [0.25, 0.3) is 0 Å². The van der Waals surface area contributed by atoms with Crippen LogP contribution in [0.2, 0.25) is 0 Å². The van der Waals surface area contributed by atoms with Crippen LogP contribution in [-0.4, -0.2) is 11.1 Å². The minimum Gasteiger partial charge on any atom is -0.481 e. The van der Waals surface area contributed by atoms with Crippen molar-refractivity contribution in [3.05, 3.63) is 22.3 Å². The second-order valence-corrected chi connectivity index (χ2v) is 4.40. The molecule has 2 nitrogen and oxygen atoms in total. The van der Waals surface area contributed by atoms with E-state index in [-0.39, 0.29) is 31.9 Å². The van der Waals surface area contributed by atoms with Gasteiger partial charge < -0.3 is 5.11 Å². The van der Waals surface area contributed by atoms with Crippen LogP contribution in [0.5, 0.6) is 0 Å². The topological polar surface area (TPSA) is 37.3 Å². The van der Waals surface area contributed by atoms with E-state index in [4.69, 9.17) is 5.11 Å². The van der Waals surface area contributed by atoms with Crippen molar-refractivity contribution in [3.8, 4) is 0 Å². The van der Waals surface area contributed by atoms with Gasteiger partial charge in [-0.25, -0.2) is 0 Å². The van der Waals surface area contributed by atoms with Crippen molar-refractivity contribution >= 4 is 5.97 Å². The third kappa shape index (κ3) is 2.24. The molecule has 1 aliphatic rings. The maximum absolute atomic E-state index is 10.8. The molecule has 0 aliphatic heterocycles. The second-order valence-electron chi connectivity index (χ2n) is 4.40. The van der Waals surface area contributed by atoms with E-state index in [0.29, 0.717) is 0 Å². The summed E-state index contributed by atoms with van der Waals surface area (Å²) in [7, 11) is 0. The van der Waals surface area contributed by atoms with E-state index in [0.717, 1.165) is 0 Å². The van der Waals surface area contributed by atoms with Gasteiger partial charge in [-0.2, -0.15) is 0 Å².